The number of amides is 1. The van der Waals surface area contributed by atoms with Crippen LogP contribution >= 0.6 is 0 Å². The number of hydrogen-bond donors (Lipinski definition) is 3. The summed E-state index contributed by atoms with van der Waals surface area (Å²) in [5, 5.41) is 3.08. The van der Waals surface area contributed by atoms with Crippen molar-refractivity contribution in [2.45, 2.75) is 25.4 Å². The molecule has 0 radical (unpaired) electrons. The fourth-order valence-electron chi connectivity index (χ4n) is 3.60. The number of nitrogens with zero attached hydrogens (tertiary/aromatic N) is 1. The van der Waals surface area contributed by atoms with Gasteiger partial charge < -0.3 is 15.3 Å². The fourth-order valence-corrected chi connectivity index (χ4v) is 3.60. The number of benzene rings is 2. The van der Waals surface area contributed by atoms with Crippen molar-refractivity contribution >= 4 is 16.9 Å². The van der Waals surface area contributed by atoms with Gasteiger partial charge in [0.1, 0.15) is 0 Å². The van der Waals surface area contributed by atoms with Crippen LogP contribution < -0.4 is 16.4 Å². The monoisotopic (exact) mass is 378 g/mol. The molecule has 0 atom stereocenters. The van der Waals surface area contributed by atoms with Crippen LogP contribution in [0.2, 0.25) is 0 Å². The summed E-state index contributed by atoms with van der Waals surface area (Å²) in [6.45, 7) is 2.80. The molecule has 0 spiro atoms. The Kier molecular flexibility index (Phi) is 5.08. The molecule has 0 unspecified atom stereocenters. The van der Waals surface area contributed by atoms with E-state index >= 15 is 0 Å². The molecule has 3 aromatic rings. The molecule has 0 saturated carbocycles. The van der Waals surface area contributed by atoms with Gasteiger partial charge in [-0.3, -0.25) is 19.3 Å². The fraction of sp³-hybridized carbons (Fsp3) is 0.286. The first-order valence-corrected chi connectivity index (χ1v) is 9.42. The molecule has 0 bridgehead atoms. The number of rotatable bonds is 4. The molecule has 28 heavy (non-hydrogen) atoms. The summed E-state index contributed by atoms with van der Waals surface area (Å²) in [4.78, 5) is 42.8. The largest absolute Gasteiger partial charge is 0.349 e. The number of likely N-dealkylation sites (tertiary alicyclic amines) is 1. The van der Waals surface area contributed by atoms with E-state index in [0.717, 1.165) is 32.5 Å². The molecule has 1 aliphatic heterocycles. The van der Waals surface area contributed by atoms with Gasteiger partial charge in [-0.05, 0) is 36.6 Å². The van der Waals surface area contributed by atoms with E-state index in [1.165, 1.54) is 5.56 Å². The predicted octanol–water partition coefficient (Wildman–Crippen LogP) is 1.61. The molecule has 1 fully saturated rings. The van der Waals surface area contributed by atoms with Gasteiger partial charge in [-0.2, -0.15) is 0 Å². The van der Waals surface area contributed by atoms with Crippen LogP contribution in [0.25, 0.3) is 11.0 Å². The van der Waals surface area contributed by atoms with Gasteiger partial charge >= 0.3 is 11.1 Å². The van der Waals surface area contributed by atoms with Crippen LogP contribution in [0.1, 0.15) is 28.8 Å². The van der Waals surface area contributed by atoms with Crippen molar-refractivity contribution in [1.29, 1.82) is 0 Å². The maximum atomic E-state index is 12.6. The third-order valence-electron chi connectivity index (χ3n) is 5.16. The van der Waals surface area contributed by atoms with Crippen molar-refractivity contribution in [2.75, 3.05) is 13.1 Å². The lowest BCUT2D eigenvalue weighted by Crippen LogP contribution is -2.44. The highest BCUT2D eigenvalue weighted by Crippen LogP contribution is 2.15. The molecule has 1 saturated heterocycles. The predicted molar refractivity (Wildman–Crippen MR) is 107 cm³/mol. The molecule has 7 heteroatoms. The van der Waals surface area contributed by atoms with E-state index in [0.29, 0.717) is 16.6 Å². The van der Waals surface area contributed by atoms with Gasteiger partial charge in [0.05, 0.1) is 11.0 Å². The molecule has 0 aliphatic carbocycles. The van der Waals surface area contributed by atoms with Crippen molar-refractivity contribution in [2.24, 2.45) is 0 Å². The Morgan fingerprint density at radius 1 is 0.964 bits per heavy atom. The smallest absolute Gasteiger partial charge is 0.314 e. The Hall–Kier alpha value is -3.19. The van der Waals surface area contributed by atoms with E-state index in [9.17, 15) is 14.4 Å². The molecule has 3 N–H and O–H groups in total. The highest BCUT2D eigenvalue weighted by Gasteiger charge is 2.21. The Labute approximate surface area is 161 Å². The van der Waals surface area contributed by atoms with Gasteiger partial charge in [0, 0.05) is 31.2 Å². The van der Waals surface area contributed by atoms with E-state index in [1.54, 1.807) is 18.2 Å². The highest BCUT2D eigenvalue weighted by atomic mass is 16.2. The van der Waals surface area contributed by atoms with Gasteiger partial charge in [0.2, 0.25) is 0 Å². The van der Waals surface area contributed by atoms with E-state index in [2.05, 4.69) is 44.5 Å². The van der Waals surface area contributed by atoms with E-state index in [1.807, 2.05) is 6.07 Å². The highest BCUT2D eigenvalue weighted by molar-refractivity contribution is 5.97. The standard InChI is InChI=1S/C21H22N4O3/c26-19(15-6-7-17-18(12-15)24-21(28)20(27)23-17)22-16-8-10-25(11-9-16)13-14-4-2-1-3-5-14/h1-7,12,16H,8-11,13H2,(H,22,26)(H,23,27)(H,24,28). The first-order valence-electron chi connectivity index (χ1n) is 9.42. The van der Waals surface area contributed by atoms with Crippen LogP contribution in [0, 0.1) is 0 Å². The maximum absolute atomic E-state index is 12.6. The lowest BCUT2D eigenvalue weighted by molar-refractivity contribution is 0.0909. The molecule has 144 valence electrons. The zero-order valence-corrected chi connectivity index (χ0v) is 15.4. The summed E-state index contributed by atoms with van der Waals surface area (Å²) < 4.78 is 0. The third-order valence-corrected chi connectivity index (χ3v) is 5.16. The topological polar surface area (TPSA) is 98.1 Å². The number of hydrogen-bond acceptors (Lipinski definition) is 4. The summed E-state index contributed by atoms with van der Waals surface area (Å²) in [6.07, 6.45) is 1.80. The molecule has 1 aliphatic rings. The second kappa shape index (κ2) is 7.82. The number of carbonyl (C=O) groups is 1. The van der Waals surface area contributed by atoms with Gasteiger partial charge in [-0.1, -0.05) is 30.3 Å². The molecule has 2 heterocycles. The average Bonchev–Trinajstić information content (AvgIpc) is 2.71. The average molecular weight is 378 g/mol. The minimum atomic E-state index is -0.726. The zero-order chi connectivity index (χ0) is 19.5. The molecular formula is C21H22N4O3. The van der Waals surface area contributed by atoms with Crippen LogP contribution in [0.3, 0.4) is 0 Å². The van der Waals surface area contributed by atoms with Crippen LogP contribution in [-0.2, 0) is 6.54 Å². The molecule has 2 aromatic carbocycles. The number of H-pyrrole nitrogens is 2. The molecule has 4 rings (SSSR count). The number of carbonyl (C=O) groups excluding carboxylic acids is 1. The van der Waals surface area contributed by atoms with Crippen LogP contribution in [-0.4, -0.2) is 39.9 Å². The summed E-state index contributed by atoms with van der Waals surface area (Å²) >= 11 is 0. The first-order chi connectivity index (χ1) is 13.6. The maximum Gasteiger partial charge on any atom is 0.314 e. The summed E-state index contributed by atoms with van der Waals surface area (Å²) in [5.41, 5.74) is 1.27. The lowest BCUT2D eigenvalue weighted by atomic mass is 10.0. The lowest BCUT2D eigenvalue weighted by Gasteiger charge is -2.32. The number of aromatic amines is 2. The van der Waals surface area contributed by atoms with Crippen LogP contribution in [0.4, 0.5) is 0 Å². The molecule has 7 nitrogen and oxygen atoms in total. The summed E-state index contributed by atoms with van der Waals surface area (Å²) in [5.74, 6) is -0.171. The minimum Gasteiger partial charge on any atom is -0.349 e. The third kappa shape index (κ3) is 4.04. The van der Waals surface area contributed by atoms with Crippen molar-refractivity contribution in [3.05, 3.63) is 80.4 Å². The second-order valence-electron chi connectivity index (χ2n) is 7.18. The van der Waals surface area contributed by atoms with Gasteiger partial charge in [-0.25, -0.2) is 0 Å². The zero-order valence-electron chi connectivity index (χ0n) is 15.4. The van der Waals surface area contributed by atoms with Gasteiger partial charge in [0.25, 0.3) is 5.91 Å². The normalized spacial score (nSPS) is 15.6. The quantitative estimate of drug-likeness (QED) is 0.601. The number of piperidine rings is 1. The Morgan fingerprint density at radius 3 is 2.36 bits per heavy atom. The van der Waals surface area contributed by atoms with Crippen molar-refractivity contribution < 1.29 is 4.79 Å². The Bertz CT molecular complexity index is 1100. The Balaban J connectivity index is 1.37. The van der Waals surface area contributed by atoms with Crippen LogP contribution in [0.5, 0.6) is 0 Å². The van der Waals surface area contributed by atoms with Gasteiger partial charge in [-0.15, -0.1) is 0 Å². The molecular weight excluding hydrogens is 356 g/mol. The molecule has 1 aromatic heterocycles. The Morgan fingerprint density at radius 2 is 1.64 bits per heavy atom. The first kappa shape index (κ1) is 18.2. The van der Waals surface area contributed by atoms with E-state index in [4.69, 9.17) is 0 Å². The van der Waals surface area contributed by atoms with Crippen LogP contribution in [0.15, 0.2) is 58.1 Å². The van der Waals surface area contributed by atoms with E-state index < -0.39 is 11.1 Å². The summed E-state index contributed by atoms with van der Waals surface area (Å²) in [6, 6.07) is 15.4. The minimum absolute atomic E-state index is 0.129. The number of aromatic nitrogens is 2. The van der Waals surface area contributed by atoms with Crippen molar-refractivity contribution in [3.8, 4) is 0 Å². The second-order valence-corrected chi connectivity index (χ2v) is 7.18. The summed E-state index contributed by atoms with van der Waals surface area (Å²) in [7, 11) is 0. The van der Waals surface area contributed by atoms with E-state index in [-0.39, 0.29) is 11.9 Å². The van der Waals surface area contributed by atoms with Crippen molar-refractivity contribution in [1.82, 2.24) is 20.2 Å². The molecule has 1 amide bonds. The number of fused-ring (bicyclic) bond motifs is 1. The number of nitrogens with one attached hydrogen (secondary N) is 3. The van der Waals surface area contributed by atoms with Crippen molar-refractivity contribution in [3.63, 3.8) is 0 Å². The SMILES string of the molecule is O=C(NC1CCN(Cc2ccccc2)CC1)c1ccc2[nH]c(=O)c(=O)[nH]c2c1. The van der Waals surface area contributed by atoms with Gasteiger partial charge in [0.15, 0.2) is 0 Å².